The maximum Gasteiger partial charge on any atom is 0.161 e. The van der Waals surface area contributed by atoms with Gasteiger partial charge < -0.3 is 5.73 Å². The van der Waals surface area contributed by atoms with Crippen LogP contribution in [-0.4, -0.2) is 20.8 Å². The zero-order valence-corrected chi connectivity index (χ0v) is 14.6. The fourth-order valence-electron chi connectivity index (χ4n) is 4.11. The van der Waals surface area contributed by atoms with Crippen molar-refractivity contribution >= 4 is 0 Å². The maximum atomic E-state index is 6.15. The van der Waals surface area contributed by atoms with Crippen LogP contribution in [0.4, 0.5) is 0 Å². The highest BCUT2D eigenvalue weighted by Crippen LogP contribution is 2.52. The van der Waals surface area contributed by atoms with Crippen LogP contribution in [0.3, 0.4) is 0 Å². The lowest BCUT2D eigenvalue weighted by atomic mass is 9.95. The molecule has 4 nitrogen and oxygen atoms in total. The second-order valence-corrected chi connectivity index (χ2v) is 7.59. The summed E-state index contributed by atoms with van der Waals surface area (Å²) in [5.74, 6) is 2.72. The van der Waals surface area contributed by atoms with Crippen molar-refractivity contribution < 1.29 is 0 Å². The quantitative estimate of drug-likeness (QED) is 0.880. The highest BCUT2D eigenvalue weighted by Gasteiger charge is 2.50. The first-order chi connectivity index (χ1) is 11.7. The standard InChI is InChI=1S/C20H28N4/c1-2-3-13-24-18(15-9-10-17(21)14-15)22-19(23-24)20(11-12-20)16-7-5-4-6-8-16/h4-8,15,17H,2-3,9-14,21H2,1H3/t15-,17+/m0/s1. The van der Waals surface area contributed by atoms with Gasteiger partial charge in [0.1, 0.15) is 5.82 Å². The minimum Gasteiger partial charge on any atom is -0.328 e. The fraction of sp³-hybridized carbons (Fsp3) is 0.600. The zero-order valence-electron chi connectivity index (χ0n) is 14.6. The molecule has 2 fully saturated rings. The lowest BCUT2D eigenvalue weighted by Gasteiger charge is -2.11. The second kappa shape index (κ2) is 6.32. The Morgan fingerprint density at radius 1 is 1.21 bits per heavy atom. The first-order valence-corrected chi connectivity index (χ1v) is 9.49. The van der Waals surface area contributed by atoms with E-state index in [0.717, 1.165) is 38.1 Å². The van der Waals surface area contributed by atoms with Gasteiger partial charge in [-0.2, -0.15) is 5.10 Å². The maximum absolute atomic E-state index is 6.15. The van der Waals surface area contributed by atoms with E-state index >= 15 is 0 Å². The van der Waals surface area contributed by atoms with Crippen LogP contribution < -0.4 is 5.73 Å². The number of nitrogens with two attached hydrogens (primary N) is 1. The number of unbranched alkanes of at least 4 members (excludes halogenated alkanes) is 1. The van der Waals surface area contributed by atoms with E-state index in [1.807, 2.05) is 0 Å². The molecule has 24 heavy (non-hydrogen) atoms. The summed E-state index contributed by atoms with van der Waals surface area (Å²) in [7, 11) is 0. The second-order valence-electron chi connectivity index (χ2n) is 7.59. The molecule has 0 aliphatic heterocycles. The third-order valence-electron chi connectivity index (χ3n) is 5.77. The summed E-state index contributed by atoms with van der Waals surface area (Å²) in [4.78, 5) is 5.09. The largest absolute Gasteiger partial charge is 0.328 e. The van der Waals surface area contributed by atoms with Crippen molar-refractivity contribution in [1.82, 2.24) is 14.8 Å². The van der Waals surface area contributed by atoms with Crippen LogP contribution in [0.5, 0.6) is 0 Å². The molecular weight excluding hydrogens is 296 g/mol. The van der Waals surface area contributed by atoms with Gasteiger partial charge in [0.2, 0.25) is 0 Å². The number of hydrogen-bond acceptors (Lipinski definition) is 3. The molecule has 2 saturated carbocycles. The third kappa shape index (κ3) is 2.77. The monoisotopic (exact) mass is 324 g/mol. The Hall–Kier alpha value is -1.68. The van der Waals surface area contributed by atoms with E-state index in [-0.39, 0.29) is 5.41 Å². The average molecular weight is 324 g/mol. The van der Waals surface area contributed by atoms with E-state index in [9.17, 15) is 0 Å². The Bertz CT molecular complexity index is 687. The molecule has 0 saturated heterocycles. The summed E-state index contributed by atoms with van der Waals surface area (Å²) in [6.45, 7) is 3.21. The first kappa shape index (κ1) is 15.8. The van der Waals surface area contributed by atoms with Crippen LogP contribution in [0.2, 0.25) is 0 Å². The van der Waals surface area contributed by atoms with Crippen molar-refractivity contribution in [2.75, 3.05) is 0 Å². The van der Waals surface area contributed by atoms with Crippen molar-refractivity contribution in [2.24, 2.45) is 5.73 Å². The number of nitrogens with zero attached hydrogens (tertiary/aromatic N) is 3. The fourth-order valence-corrected chi connectivity index (χ4v) is 4.11. The summed E-state index contributed by atoms with van der Waals surface area (Å²) in [5.41, 5.74) is 7.58. The molecule has 0 unspecified atom stereocenters. The molecule has 128 valence electrons. The van der Waals surface area contributed by atoms with Gasteiger partial charge in [0, 0.05) is 18.5 Å². The summed E-state index contributed by atoms with van der Waals surface area (Å²) in [6.07, 6.45) is 8.00. The third-order valence-corrected chi connectivity index (χ3v) is 5.77. The average Bonchev–Trinajstić information content (AvgIpc) is 3.13. The molecule has 1 aromatic heterocycles. The Balaban J connectivity index is 1.68. The smallest absolute Gasteiger partial charge is 0.161 e. The topological polar surface area (TPSA) is 56.7 Å². The van der Waals surface area contributed by atoms with Gasteiger partial charge in [-0.25, -0.2) is 9.67 Å². The first-order valence-electron chi connectivity index (χ1n) is 9.49. The molecule has 2 aliphatic rings. The normalized spacial score (nSPS) is 25.1. The highest BCUT2D eigenvalue weighted by molar-refractivity contribution is 5.39. The van der Waals surface area contributed by atoms with Gasteiger partial charge in [0.05, 0.1) is 5.41 Å². The van der Waals surface area contributed by atoms with Crippen molar-refractivity contribution in [3.8, 4) is 0 Å². The van der Waals surface area contributed by atoms with Crippen LogP contribution in [0, 0.1) is 0 Å². The SMILES string of the molecule is CCCCn1nc(C2(c3ccccc3)CC2)nc1[C@H]1CC[C@@H](N)C1. The number of benzene rings is 1. The van der Waals surface area contributed by atoms with E-state index < -0.39 is 0 Å². The molecule has 0 bridgehead atoms. The molecule has 2 aliphatic carbocycles. The van der Waals surface area contributed by atoms with Crippen LogP contribution >= 0.6 is 0 Å². The minimum atomic E-state index is 0.0637. The Labute approximate surface area is 144 Å². The number of hydrogen-bond donors (Lipinski definition) is 1. The van der Waals surface area contributed by atoms with Crippen molar-refractivity contribution in [1.29, 1.82) is 0 Å². The molecule has 2 aromatic rings. The van der Waals surface area contributed by atoms with Crippen molar-refractivity contribution in [2.45, 2.75) is 75.8 Å². The zero-order chi connectivity index (χ0) is 16.6. The van der Waals surface area contributed by atoms with E-state index in [1.165, 1.54) is 30.7 Å². The number of aromatic nitrogens is 3. The van der Waals surface area contributed by atoms with Gasteiger partial charge in [-0.05, 0) is 44.1 Å². The molecule has 4 rings (SSSR count). The minimum absolute atomic E-state index is 0.0637. The van der Waals surface area contributed by atoms with Gasteiger partial charge in [0.15, 0.2) is 5.82 Å². The van der Waals surface area contributed by atoms with Gasteiger partial charge >= 0.3 is 0 Å². The highest BCUT2D eigenvalue weighted by atomic mass is 15.4. The molecule has 0 radical (unpaired) electrons. The molecule has 0 spiro atoms. The van der Waals surface area contributed by atoms with Gasteiger partial charge in [-0.1, -0.05) is 43.7 Å². The summed E-state index contributed by atoms with van der Waals surface area (Å²) in [6, 6.07) is 11.1. The Kier molecular flexibility index (Phi) is 4.17. The molecule has 1 heterocycles. The van der Waals surface area contributed by atoms with E-state index in [0.29, 0.717) is 12.0 Å². The molecule has 2 atom stereocenters. The summed E-state index contributed by atoms with van der Waals surface area (Å²) in [5, 5.41) is 4.99. The lowest BCUT2D eigenvalue weighted by molar-refractivity contribution is 0.507. The Morgan fingerprint density at radius 2 is 2.00 bits per heavy atom. The van der Waals surface area contributed by atoms with Crippen molar-refractivity contribution in [3.63, 3.8) is 0 Å². The predicted octanol–water partition coefficient (Wildman–Crippen LogP) is 3.75. The number of aryl methyl sites for hydroxylation is 1. The van der Waals surface area contributed by atoms with E-state index in [2.05, 4.69) is 41.9 Å². The van der Waals surface area contributed by atoms with Gasteiger partial charge in [-0.15, -0.1) is 0 Å². The van der Waals surface area contributed by atoms with Gasteiger partial charge in [-0.3, -0.25) is 0 Å². The van der Waals surface area contributed by atoms with Crippen LogP contribution in [0.1, 0.15) is 75.0 Å². The lowest BCUT2D eigenvalue weighted by Crippen LogP contribution is -2.15. The molecule has 1 aromatic carbocycles. The molecule has 0 amide bonds. The van der Waals surface area contributed by atoms with Crippen LogP contribution in [0.15, 0.2) is 30.3 Å². The summed E-state index contributed by atoms with van der Waals surface area (Å²) < 4.78 is 2.20. The summed E-state index contributed by atoms with van der Waals surface area (Å²) >= 11 is 0. The predicted molar refractivity (Wildman–Crippen MR) is 96.0 cm³/mol. The van der Waals surface area contributed by atoms with E-state index in [1.54, 1.807) is 0 Å². The van der Waals surface area contributed by atoms with E-state index in [4.69, 9.17) is 15.8 Å². The van der Waals surface area contributed by atoms with Crippen LogP contribution in [0.25, 0.3) is 0 Å². The number of rotatable bonds is 6. The molecule has 4 heteroatoms. The molecular formula is C20H28N4. The Morgan fingerprint density at radius 3 is 2.62 bits per heavy atom. The van der Waals surface area contributed by atoms with Crippen molar-refractivity contribution in [3.05, 3.63) is 47.5 Å². The van der Waals surface area contributed by atoms with Gasteiger partial charge in [0.25, 0.3) is 0 Å². The molecule has 2 N–H and O–H groups in total. The van der Waals surface area contributed by atoms with Crippen LogP contribution in [-0.2, 0) is 12.0 Å².